The number of hydrogen-bond donors (Lipinski definition) is 12. The Morgan fingerprint density at radius 2 is 1.35 bits per heavy atom. The number of carboxylic acid groups (broad SMARTS) is 1. The second-order valence-electron chi connectivity index (χ2n) is 25.6. The van der Waals surface area contributed by atoms with Crippen molar-refractivity contribution in [3.8, 4) is 0 Å². The van der Waals surface area contributed by atoms with Crippen LogP contribution in [-0.4, -0.2) is 216 Å². The number of aliphatic hydroxyl groups excluding tert-OH is 11. The van der Waals surface area contributed by atoms with E-state index in [9.17, 15) is 75.7 Å². The summed E-state index contributed by atoms with van der Waals surface area (Å²) in [6.45, 7) is 17.0. The van der Waals surface area contributed by atoms with Crippen LogP contribution in [0.4, 0.5) is 0 Å². The maximum atomic E-state index is 13.5. The van der Waals surface area contributed by atoms with Crippen molar-refractivity contribution in [2.24, 2.45) is 56.7 Å². The average Bonchev–Trinajstić information content (AvgIpc) is 2.00. The van der Waals surface area contributed by atoms with E-state index in [4.69, 9.17) is 37.9 Å². The Bertz CT molecular complexity index is 2280. The topological polar surface area (TPSA) is 368 Å². The first-order chi connectivity index (χ1) is 37.0. The van der Waals surface area contributed by atoms with Gasteiger partial charge in [-0.15, -0.1) is 0 Å². The number of allylic oxidation sites excluding steroid dienone is 2. The molecule has 0 aromatic heterocycles. The van der Waals surface area contributed by atoms with E-state index in [2.05, 4.69) is 19.9 Å². The maximum Gasteiger partial charge on any atom is 0.335 e. The van der Waals surface area contributed by atoms with Crippen molar-refractivity contribution in [3.63, 3.8) is 0 Å². The molecule has 8 rings (SSSR count). The van der Waals surface area contributed by atoms with Crippen LogP contribution in [0.2, 0.25) is 0 Å². The Kier molecular flexibility index (Phi) is 18.1. The maximum absolute atomic E-state index is 13.5. The van der Waals surface area contributed by atoms with Gasteiger partial charge >= 0.3 is 17.9 Å². The summed E-state index contributed by atoms with van der Waals surface area (Å²) in [5.74, 6) is -4.50. The monoisotopic (exact) mass is 1130 g/mol. The summed E-state index contributed by atoms with van der Waals surface area (Å²) in [7, 11) is 0. The predicted octanol–water partition coefficient (Wildman–Crippen LogP) is -0.0475. The summed E-state index contributed by atoms with van der Waals surface area (Å²) in [5.41, 5.74) is -3.68. The summed E-state index contributed by atoms with van der Waals surface area (Å²) >= 11 is 0. The zero-order chi connectivity index (χ0) is 58.4. The molecule has 7 fully saturated rings. The summed E-state index contributed by atoms with van der Waals surface area (Å²) in [5, 5.41) is 135. The minimum atomic E-state index is -2.12. The lowest BCUT2D eigenvalue weighted by atomic mass is 9.33. The predicted molar refractivity (Wildman–Crippen MR) is 272 cm³/mol. The summed E-state index contributed by atoms with van der Waals surface area (Å²) in [6, 6.07) is 0. The van der Waals surface area contributed by atoms with Crippen molar-refractivity contribution in [2.75, 3.05) is 19.8 Å². The third-order valence-electron chi connectivity index (χ3n) is 21.2. The first-order valence-electron chi connectivity index (χ1n) is 28.2. The molecule has 0 aromatic carbocycles. The smallest absolute Gasteiger partial charge is 0.335 e. The Labute approximate surface area is 460 Å². The van der Waals surface area contributed by atoms with Gasteiger partial charge in [0.25, 0.3) is 0 Å². The number of carboxylic acids is 1. The molecule has 5 aliphatic carbocycles. The van der Waals surface area contributed by atoms with Gasteiger partial charge in [-0.05, 0) is 93.3 Å². The molecule has 0 radical (unpaired) electrons. The molecule has 1 unspecified atom stereocenters. The Hall–Kier alpha value is -2.79. The van der Waals surface area contributed by atoms with Crippen LogP contribution >= 0.6 is 0 Å². The van der Waals surface area contributed by atoms with E-state index in [1.54, 1.807) is 26.8 Å². The second kappa shape index (κ2) is 23.0. The lowest BCUT2D eigenvalue weighted by molar-refractivity contribution is -0.384. The lowest BCUT2D eigenvalue weighted by Gasteiger charge is -2.72. The van der Waals surface area contributed by atoms with Gasteiger partial charge in [-0.3, -0.25) is 4.79 Å². The van der Waals surface area contributed by atoms with E-state index in [1.807, 2.05) is 34.6 Å². The molecule has 0 aromatic rings. The van der Waals surface area contributed by atoms with E-state index in [1.165, 1.54) is 0 Å². The number of rotatable bonds is 15. The SMILES string of the molecule is CC=C(C)C(=O)O[C@H]1[C@H](O)[C@]2(COC(=O)C(C)CC)[C@H](O)[C@H](O)[C@]3(C)C(=CC[C@@H]4[C@@]5(C)CC[C@H](O[C@@H]6O[C@H](C(=O)O)[C@@H](O)[C@H](O[C@@H]7O[C@@H](CO)[C@H](O)[C@H]7O)[C@H]6O[C@@H]6O[C@H](CO)[C@@H](O)[C@H](O)[C@H]6O)[C@@H](C)[C@@H]5CC[C@]43C)[C@@H]2CC1(C)C. The van der Waals surface area contributed by atoms with Gasteiger partial charge in [0.1, 0.15) is 79.9 Å². The Morgan fingerprint density at radius 3 is 1.94 bits per heavy atom. The minimum Gasteiger partial charge on any atom is -0.479 e. The number of hydrogen-bond acceptors (Lipinski definition) is 22. The van der Waals surface area contributed by atoms with Crippen LogP contribution in [0.15, 0.2) is 23.3 Å². The highest BCUT2D eigenvalue weighted by molar-refractivity contribution is 5.87. The van der Waals surface area contributed by atoms with Crippen molar-refractivity contribution in [2.45, 2.75) is 231 Å². The quantitative estimate of drug-likeness (QED) is 0.0443. The molecule has 3 heterocycles. The molecule has 28 atom stereocenters. The zero-order valence-electron chi connectivity index (χ0n) is 46.9. The fourth-order valence-corrected chi connectivity index (χ4v) is 15.8. The van der Waals surface area contributed by atoms with E-state index in [-0.39, 0.29) is 17.8 Å². The second-order valence-corrected chi connectivity index (χ2v) is 25.6. The van der Waals surface area contributed by atoms with Gasteiger partial charge in [0.15, 0.2) is 25.0 Å². The Balaban J connectivity index is 1.12. The number of aliphatic carboxylic acids is 1. The molecule has 23 heteroatoms. The van der Waals surface area contributed by atoms with Gasteiger partial charge in [-0.25, -0.2) is 9.59 Å². The highest BCUT2D eigenvalue weighted by atomic mass is 16.8. The molecular formula is C56H88O23. The number of carbonyl (C=O) groups is 3. The average molecular weight is 1130 g/mol. The van der Waals surface area contributed by atoms with E-state index < -0.39 is 193 Å². The number of ether oxygens (including phenoxy) is 8. The van der Waals surface area contributed by atoms with E-state index in [0.29, 0.717) is 50.5 Å². The summed E-state index contributed by atoms with van der Waals surface area (Å²) in [4.78, 5) is 39.7. The number of esters is 2. The first-order valence-corrected chi connectivity index (χ1v) is 28.2. The van der Waals surface area contributed by atoms with Crippen molar-refractivity contribution < 1.29 is 114 Å². The molecule has 8 aliphatic rings. The Morgan fingerprint density at radius 1 is 0.759 bits per heavy atom. The molecule has 3 saturated heterocycles. The van der Waals surface area contributed by atoms with E-state index >= 15 is 0 Å². The van der Waals surface area contributed by atoms with Crippen molar-refractivity contribution >= 4 is 17.9 Å². The van der Waals surface area contributed by atoms with Gasteiger partial charge in [0.05, 0.1) is 42.9 Å². The molecular weight excluding hydrogens is 1040 g/mol. The van der Waals surface area contributed by atoms with Gasteiger partial charge in [-0.2, -0.15) is 0 Å². The molecule has 3 aliphatic heterocycles. The normalized spacial score (nSPS) is 50.0. The molecule has 79 heavy (non-hydrogen) atoms. The lowest BCUT2D eigenvalue weighted by Crippen LogP contribution is -2.76. The van der Waals surface area contributed by atoms with Crippen LogP contribution in [0.3, 0.4) is 0 Å². The molecule has 0 spiro atoms. The number of aliphatic hydroxyl groups is 11. The molecule has 12 N–H and O–H groups in total. The molecule has 4 saturated carbocycles. The van der Waals surface area contributed by atoms with Crippen LogP contribution < -0.4 is 0 Å². The molecule has 0 amide bonds. The van der Waals surface area contributed by atoms with E-state index in [0.717, 1.165) is 5.57 Å². The van der Waals surface area contributed by atoms with Gasteiger partial charge in [0.2, 0.25) is 0 Å². The van der Waals surface area contributed by atoms with Gasteiger partial charge in [0, 0.05) is 16.4 Å². The summed E-state index contributed by atoms with van der Waals surface area (Å²) in [6.07, 6.45) is -24.8. The van der Waals surface area contributed by atoms with Crippen LogP contribution in [-0.2, 0) is 52.3 Å². The fourth-order valence-electron chi connectivity index (χ4n) is 15.8. The van der Waals surface area contributed by atoms with Crippen molar-refractivity contribution in [1.82, 2.24) is 0 Å². The first kappa shape index (κ1) is 62.3. The van der Waals surface area contributed by atoms with Crippen molar-refractivity contribution in [1.29, 1.82) is 0 Å². The largest absolute Gasteiger partial charge is 0.479 e. The van der Waals surface area contributed by atoms with Crippen LogP contribution in [0, 0.1) is 56.7 Å². The summed E-state index contributed by atoms with van der Waals surface area (Å²) < 4.78 is 48.3. The van der Waals surface area contributed by atoms with Gasteiger partial charge in [-0.1, -0.05) is 73.1 Å². The highest BCUT2D eigenvalue weighted by Gasteiger charge is 2.75. The molecule has 23 nitrogen and oxygen atoms in total. The number of fused-ring (bicyclic) bond motifs is 7. The fraction of sp³-hybridized carbons (Fsp3) is 0.875. The third-order valence-corrected chi connectivity index (χ3v) is 21.2. The standard InChI is InChI=1S/C56H88O23/c1-11-23(3)47(70)72-22-56-28(19-52(6,7)45(44(56)67)79-48(71)24(4)12-2)27-13-14-32-53(8)17-16-29(25(5)26(53)15-18-54(32,9)55(27,10)42(65)43(56)66)73-51-41(78-50-37(63)35(61)33(59)30(20-57)74-50)39(38(64)40(77-51)46(68)69)76-49-36(62)34(60)31(21-58)75-49/h12-13,23,25-26,28-45,49-51,57-67H,11,14-22H2,1-10H3,(H,68,69)/t23?,25-,26-,28-,29-,30+,31-,32+,33+,34-,35-,36+,37+,38-,39-,40-,41+,42-,43+,44-,45-,49-,50-,51+,53-,54+,55-,56-/m0/s1. The molecule has 450 valence electrons. The van der Waals surface area contributed by atoms with Crippen LogP contribution in [0.1, 0.15) is 114 Å². The number of carbonyl (C=O) groups excluding carboxylic acids is 2. The van der Waals surface area contributed by atoms with Crippen LogP contribution in [0.5, 0.6) is 0 Å². The van der Waals surface area contributed by atoms with Crippen LogP contribution in [0.25, 0.3) is 0 Å². The zero-order valence-corrected chi connectivity index (χ0v) is 46.9. The minimum absolute atomic E-state index is 0.0978. The van der Waals surface area contributed by atoms with Crippen molar-refractivity contribution in [3.05, 3.63) is 23.3 Å². The highest BCUT2D eigenvalue weighted by Crippen LogP contribution is 2.75. The third kappa shape index (κ3) is 10.1. The van der Waals surface area contributed by atoms with Gasteiger partial charge < -0.3 is 99.2 Å². The molecule has 0 bridgehead atoms.